The summed E-state index contributed by atoms with van der Waals surface area (Å²) in [5.41, 5.74) is 1.48. The van der Waals surface area contributed by atoms with Gasteiger partial charge in [-0.1, -0.05) is 11.6 Å². The van der Waals surface area contributed by atoms with Gasteiger partial charge < -0.3 is 10.6 Å². The van der Waals surface area contributed by atoms with E-state index in [9.17, 15) is 10.1 Å². The predicted octanol–water partition coefficient (Wildman–Crippen LogP) is 3.73. The highest BCUT2D eigenvalue weighted by Gasteiger charge is 2.12. The average Bonchev–Trinajstić information content (AvgIpc) is 2.88. The lowest BCUT2D eigenvalue weighted by atomic mass is 10.3. The van der Waals surface area contributed by atoms with Gasteiger partial charge in [-0.2, -0.15) is 0 Å². The Kier molecular flexibility index (Phi) is 4.53. The molecule has 20 heavy (non-hydrogen) atoms. The molecular formula is C12H13ClN4O2S. The van der Waals surface area contributed by atoms with E-state index in [-0.39, 0.29) is 16.8 Å². The van der Waals surface area contributed by atoms with Gasteiger partial charge in [-0.05, 0) is 20.0 Å². The molecule has 1 unspecified atom stereocenters. The first-order valence-corrected chi connectivity index (χ1v) is 7.10. The summed E-state index contributed by atoms with van der Waals surface area (Å²) >= 11 is 7.47. The molecule has 0 saturated heterocycles. The van der Waals surface area contributed by atoms with Crippen molar-refractivity contribution in [2.45, 2.75) is 13.0 Å². The average molecular weight is 313 g/mol. The maximum absolute atomic E-state index is 10.6. The Labute approximate surface area is 124 Å². The van der Waals surface area contributed by atoms with Crippen molar-refractivity contribution in [1.82, 2.24) is 10.3 Å². The number of nitro groups is 1. The minimum atomic E-state index is -0.480. The van der Waals surface area contributed by atoms with Crippen molar-refractivity contribution in [3.05, 3.63) is 44.4 Å². The number of thiazole rings is 1. The summed E-state index contributed by atoms with van der Waals surface area (Å²) in [5, 5.41) is 19.7. The molecule has 0 saturated carbocycles. The van der Waals surface area contributed by atoms with E-state index in [1.165, 1.54) is 23.5 Å². The molecule has 0 radical (unpaired) electrons. The normalized spacial score (nSPS) is 12.2. The summed E-state index contributed by atoms with van der Waals surface area (Å²) in [7, 11) is 1.87. The first-order chi connectivity index (χ1) is 9.51. The van der Waals surface area contributed by atoms with Gasteiger partial charge in [-0.15, -0.1) is 11.3 Å². The summed E-state index contributed by atoms with van der Waals surface area (Å²) in [5.74, 6) is 0. The first kappa shape index (κ1) is 14.7. The Balaban J connectivity index is 2.18. The number of non-ortho nitro benzene ring substituents is 1. The van der Waals surface area contributed by atoms with Crippen LogP contribution in [-0.4, -0.2) is 17.0 Å². The van der Waals surface area contributed by atoms with E-state index in [0.29, 0.717) is 10.8 Å². The molecule has 0 aliphatic rings. The van der Waals surface area contributed by atoms with E-state index in [2.05, 4.69) is 15.6 Å². The predicted molar refractivity (Wildman–Crippen MR) is 81.0 cm³/mol. The van der Waals surface area contributed by atoms with E-state index < -0.39 is 4.92 Å². The zero-order valence-corrected chi connectivity index (χ0v) is 12.5. The van der Waals surface area contributed by atoms with Gasteiger partial charge in [0.05, 0.1) is 21.3 Å². The number of nitrogens with one attached hydrogen (secondary N) is 2. The summed E-state index contributed by atoms with van der Waals surface area (Å²) in [6.07, 6.45) is 0. The maximum atomic E-state index is 10.6. The van der Waals surface area contributed by atoms with E-state index >= 15 is 0 Å². The number of rotatable bonds is 5. The van der Waals surface area contributed by atoms with E-state index in [1.54, 1.807) is 6.07 Å². The second-order valence-corrected chi connectivity index (χ2v) is 5.40. The number of aromatic nitrogens is 1. The third-order valence-corrected chi connectivity index (χ3v) is 3.89. The topological polar surface area (TPSA) is 80.1 Å². The zero-order valence-electron chi connectivity index (χ0n) is 10.9. The third kappa shape index (κ3) is 3.24. The fourth-order valence-corrected chi connectivity index (χ4v) is 2.56. The molecule has 0 amide bonds. The number of hydrogen-bond acceptors (Lipinski definition) is 6. The molecule has 1 aromatic heterocycles. The van der Waals surface area contributed by atoms with Crippen LogP contribution in [0.25, 0.3) is 0 Å². The molecule has 0 bridgehead atoms. The number of anilines is 2. The molecule has 0 aliphatic heterocycles. The van der Waals surface area contributed by atoms with Gasteiger partial charge in [0.2, 0.25) is 0 Å². The highest BCUT2D eigenvalue weighted by molar-refractivity contribution is 7.13. The summed E-state index contributed by atoms with van der Waals surface area (Å²) in [6, 6.07) is 4.45. The van der Waals surface area contributed by atoms with Crippen LogP contribution in [0.5, 0.6) is 0 Å². The molecule has 1 atom stereocenters. The molecule has 0 aliphatic carbocycles. The lowest BCUT2D eigenvalue weighted by Gasteiger charge is -2.06. The van der Waals surface area contributed by atoms with E-state index in [1.807, 2.05) is 19.4 Å². The molecule has 2 aromatic rings. The second kappa shape index (κ2) is 6.17. The summed E-state index contributed by atoms with van der Waals surface area (Å²) in [6.45, 7) is 2.01. The second-order valence-electron chi connectivity index (χ2n) is 4.13. The van der Waals surface area contributed by atoms with Crippen molar-refractivity contribution in [3.63, 3.8) is 0 Å². The molecule has 2 rings (SSSR count). The van der Waals surface area contributed by atoms with Gasteiger partial charge in [0.15, 0.2) is 5.13 Å². The number of nitrogens with zero attached hydrogens (tertiary/aromatic N) is 2. The highest BCUT2D eigenvalue weighted by Crippen LogP contribution is 2.31. The lowest BCUT2D eigenvalue weighted by molar-refractivity contribution is -0.384. The number of nitro benzene ring substituents is 1. The van der Waals surface area contributed by atoms with Crippen molar-refractivity contribution in [2.75, 3.05) is 12.4 Å². The molecule has 0 fully saturated rings. The van der Waals surface area contributed by atoms with Gasteiger partial charge in [0.25, 0.3) is 5.69 Å². The van der Waals surface area contributed by atoms with Crippen molar-refractivity contribution in [2.24, 2.45) is 0 Å². The van der Waals surface area contributed by atoms with Crippen molar-refractivity contribution in [3.8, 4) is 0 Å². The number of halogens is 1. The molecule has 1 aromatic carbocycles. The van der Waals surface area contributed by atoms with Gasteiger partial charge >= 0.3 is 0 Å². The van der Waals surface area contributed by atoms with E-state index in [4.69, 9.17) is 11.6 Å². The Morgan fingerprint density at radius 2 is 2.25 bits per heavy atom. The van der Waals surface area contributed by atoms with Crippen LogP contribution in [-0.2, 0) is 0 Å². The van der Waals surface area contributed by atoms with Crippen LogP contribution in [0, 0.1) is 10.1 Å². The van der Waals surface area contributed by atoms with Gasteiger partial charge in [0.1, 0.15) is 0 Å². The Hall–Kier alpha value is -1.70. The molecule has 6 nitrogen and oxygen atoms in total. The van der Waals surface area contributed by atoms with Crippen molar-refractivity contribution >= 4 is 39.4 Å². The van der Waals surface area contributed by atoms with Crippen molar-refractivity contribution < 1.29 is 4.92 Å². The number of benzene rings is 1. The van der Waals surface area contributed by atoms with Crippen LogP contribution >= 0.6 is 22.9 Å². The van der Waals surface area contributed by atoms with Crippen LogP contribution in [0.1, 0.15) is 18.7 Å². The molecule has 8 heteroatoms. The standard InChI is InChI=1S/C12H13ClN4O2S/c1-7(14-2)11-6-20-12(16-11)15-10-4-3-8(17(18)19)5-9(10)13/h3-7,14H,1-2H3,(H,15,16). The lowest BCUT2D eigenvalue weighted by Crippen LogP contribution is -2.12. The van der Waals surface area contributed by atoms with Gasteiger partial charge in [-0.25, -0.2) is 4.98 Å². The van der Waals surface area contributed by atoms with Gasteiger partial charge in [0, 0.05) is 23.6 Å². The van der Waals surface area contributed by atoms with Crippen LogP contribution in [0.2, 0.25) is 5.02 Å². The Morgan fingerprint density at radius 1 is 1.50 bits per heavy atom. The third-order valence-electron chi connectivity index (χ3n) is 2.80. The van der Waals surface area contributed by atoms with Crippen molar-refractivity contribution in [1.29, 1.82) is 0 Å². The van der Waals surface area contributed by atoms with Crippen LogP contribution in [0.3, 0.4) is 0 Å². The zero-order chi connectivity index (χ0) is 14.7. The van der Waals surface area contributed by atoms with Crippen LogP contribution in [0.15, 0.2) is 23.6 Å². The van der Waals surface area contributed by atoms with E-state index in [0.717, 1.165) is 5.69 Å². The quantitative estimate of drug-likeness (QED) is 0.649. The largest absolute Gasteiger partial charge is 0.330 e. The highest BCUT2D eigenvalue weighted by atomic mass is 35.5. The minimum absolute atomic E-state index is 0.0378. The monoisotopic (exact) mass is 312 g/mol. The SMILES string of the molecule is CNC(C)c1csc(Nc2ccc([N+](=O)[O-])cc2Cl)n1. The van der Waals surface area contributed by atoms with Gasteiger partial charge in [-0.3, -0.25) is 10.1 Å². The molecule has 0 spiro atoms. The Bertz CT molecular complexity index is 632. The fourth-order valence-electron chi connectivity index (χ4n) is 1.52. The smallest absolute Gasteiger partial charge is 0.271 e. The first-order valence-electron chi connectivity index (χ1n) is 5.85. The van der Waals surface area contributed by atoms with Crippen LogP contribution < -0.4 is 10.6 Å². The summed E-state index contributed by atoms with van der Waals surface area (Å²) in [4.78, 5) is 14.6. The molecular weight excluding hydrogens is 300 g/mol. The minimum Gasteiger partial charge on any atom is -0.330 e. The molecule has 106 valence electrons. The molecule has 1 heterocycles. The Morgan fingerprint density at radius 3 is 2.85 bits per heavy atom. The number of hydrogen-bond donors (Lipinski definition) is 2. The maximum Gasteiger partial charge on any atom is 0.271 e. The van der Waals surface area contributed by atoms with Crippen LogP contribution in [0.4, 0.5) is 16.5 Å². The molecule has 2 N–H and O–H groups in total. The fraction of sp³-hybridized carbons (Fsp3) is 0.250. The summed E-state index contributed by atoms with van der Waals surface area (Å²) < 4.78 is 0.